The summed E-state index contributed by atoms with van der Waals surface area (Å²) in [5.41, 5.74) is 11.1. The van der Waals surface area contributed by atoms with Gasteiger partial charge in [0.05, 0.1) is 52.5 Å². The summed E-state index contributed by atoms with van der Waals surface area (Å²) in [6.07, 6.45) is 0.666. The Bertz CT molecular complexity index is 2920. The van der Waals surface area contributed by atoms with Gasteiger partial charge in [0.25, 0.3) is 0 Å². The molecule has 0 spiro atoms. The van der Waals surface area contributed by atoms with Gasteiger partial charge in [-0.15, -0.1) is 11.3 Å². The number of anilines is 1. The lowest BCUT2D eigenvalue weighted by atomic mass is 9.85. The number of nitrogens with one attached hydrogen (secondary N) is 3. The van der Waals surface area contributed by atoms with Crippen LogP contribution in [0.1, 0.15) is 121 Å². The van der Waals surface area contributed by atoms with Crippen LogP contribution in [0, 0.1) is 24.1 Å². The average molecular weight is 1110 g/mol. The molecule has 4 heterocycles. The normalized spacial score (nSPS) is 19.2. The molecule has 7 amide bonds. The van der Waals surface area contributed by atoms with E-state index in [0.29, 0.717) is 36.9 Å². The molecule has 3 aliphatic heterocycles. The van der Waals surface area contributed by atoms with E-state index < -0.39 is 101 Å². The molecule has 7 rings (SSSR count). The lowest BCUT2D eigenvalue weighted by Gasteiger charge is -2.35. The smallest absolute Gasteiger partial charge is 0.433 e. The number of alkyl carbamates (subject to hydrolysis) is 1. The molecule has 0 bridgehead atoms. The van der Waals surface area contributed by atoms with Gasteiger partial charge in [-0.1, -0.05) is 75.4 Å². The maximum absolute atomic E-state index is 16.0. The first-order valence-electron chi connectivity index (χ1n) is 26.8. The van der Waals surface area contributed by atoms with E-state index in [0.717, 1.165) is 32.8 Å². The third kappa shape index (κ3) is 15.3. The molecule has 0 saturated carbocycles. The summed E-state index contributed by atoms with van der Waals surface area (Å²) in [4.78, 5) is 106. The highest BCUT2D eigenvalue weighted by Crippen LogP contribution is 2.40. The van der Waals surface area contributed by atoms with Crippen LogP contribution in [0.15, 0.2) is 71.2 Å². The summed E-state index contributed by atoms with van der Waals surface area (Å²) in [5.74, 6) is -4.05. The second kappa shape index (κ2) is 25.7. The molecule has 0 aliphatic carbocycles. The lowest BCUT2D eigenvalue weighted by molar-refractivity contribution is -0.142. The number of unbranched alkanes of at least 4 members (excludes halogenated alkanes) is 1. The zero-order valence-electron chi connectivity index (χ0n) is 46.1. The van der Waals surface area contributed by atoms with Gasteiger partial charge in [-0.3, -0.25) is 28.9 Å². The molecular weight excluding hydrogens is 1040 g/mol. The largest absolute Gasteiger partial charge is 0.488 e. The maximum atomic E-state index is 16.0. The van der Waals surface area contributed by atoms with Gasteiger partial charge in [0.15, 0.2) is 11.6 Å². The topological polar surface area (TPSA) is 261 Å². The Morgan fingerprint density at radius 2 is 1.66 bits per heavy atom. The zero-order valence-corrected chi connectivity index (χ0v) is 47.0. The van der Waals surface area contributed by atoms with Gasteiger partial charge in [0, 0.05) is 32.0 Å². The van der Waals surface area contributed by atoms with E-state index in [9.17, 15) is 38.7 Å². The van der Waals surface area contributed by atoms with Gasteiger partial charge in [-0.25, -0.2) is 19.0 Å². The molecule has 3 aliphatic rings. The van der Waals surface area contributed by atoms with Crippen LogP contribution in [-0.2, 0) is 52.7 Å². The number of aliphatic hydroxyl groups excluding tert-OH is 1. The molecule has 1 saturated heterocycles. The fourth-order valence-corrected chi connectivity index (χ4v) is 10.9. The molecular formula is C58H73FN8O11S. The molecule has 0 radical (unpaired) electrons. The molecule has 21 heteroatoms. The summed E-state index contributed by atoms with van der Waals surface area (Å²) >= 11 is 1.55. The number of carbonyl (C=O) groups excluding carboxylic acids is 7. The standard InChI is InChI=1S/C58H73FN8O11S/c1-33(35-18-21-38(22-19-35)49-34(2)62-32-79-49)63-51(70)43-28-42(68)30-66(43)54(73)50(57(3,4)5)65-56(75)76-26-10-9-13-36-14-12-17-45(47(36)59)77-31-41(24-25-46(60)69)64-52(71)44-27-39-16-11-15-37-20-23-40(53(72)67(44)48(37)39)29-61-55(74)78-58(6,7)8/h11-12,14-19,21-22,29,32-33,40-44,50,68H,9-10,13,20,23-28,30-31H2,1-8H3,(H2,60,69)(H,63,70)(H,64,71)(H,65,75)/t33-,40?,41-,42+,43-,44-,50+/m0/s1. The predicted molar refractivity (Wildman–Crippen MR) is 296 cm³/mol. The van der Waals surface area contributed by atoms with E-state index >= 15 is 4.39 Å². The number of aliphatic hydroxyl groups is 1. The van der Waals surface area contributed by atoms with Crippen LogP contribution < -0.4 is 31.3 Å². The van der Waals surface area contributed by atoms with Crippen molar-refractivity contribution in [3.8, 4) is 16.2 Å². The van der Waals surface area contributed by atoms with Crippen LogP contribution in [-0.4, -0.2) is 119 Å². The highest BCUT2D eigenvalue weighted by molar-refractivity contribution is 7.13. The Hall–Kier alpha value is -7.26. The van der Waals surface area contributed by atoms with Crippen molar-refractivity contribution in [1.82, 2.24) is 25.8 Å². The lowest BCUT2D eigenvalue weighted by Crippen LogP contribution is -2.58. The van der Waals surface area contributed by atoms with Crippen molar-refractivity contribution in [2.45, 2.75) is 155 Å². The summed E-state index contributed by atoms with van der Waals surface area (Å²) < 4.78 is 32.8. The number of amides is 7. The van der Waals surface area contributed by atoms with Crippen LogP contribution in [0.3, 0.4) is 0 Å². The van der Waals surface area contributed by atoms with Crippen LogP contribution in [0.25, 0.3) is 10.4 Å². The van der Waals surface area contributed by atoms with Crippen molar-refractivity contribution in [2.24, 2.45) is 22.1 Å². The highest BCUT2D eigenvalue weighted by atomic mass is 32.1. The number of para-hydroxylation sites is 1. The van der Waals surface area contributed by atoms with Crippen molar-refractivity contribution in [3.63, 3.8) is 0 Å². The SMILES string of the molecule is Cc1ncsc1-c1ccc([C@H](C)NC(=O)[C@@H]2C[C@@H](O)CN2C(=O)[C@@H](NC(=O)OCCCCc2cccc(OC[C@H](CCC(N)=O)NC(=O)[C@@H]3Cc4cccc5c4N3C(=O)C(C=NC(=O)OC(C)(C)C)CC5)c2F)C(C)(C)C)cc1. The van der Waals surface area contributed by atoms with Crippen molar-refractivity contribution in [1.29, 1.82) is 0 Å². The number of nitrogens with zero attached hydrogens (tertiary/aromatic N) is 4. The number of β-amino-alcohol motifs (C(OH)–C–C–N with tert-alkyl or cyclic N) is 1. The number of likely N-dealkylation sites (tertiary alicyclic amines) is 1. The molecule has 19 nitrogen and oxygen atoms in total. The first-order valence-corrected chi connectivity index (χ1v) is 27.7. The van der Waals surface area contributed by atoms with Crippen LogP contribution in [0.4, 0.5) is 19.7 Å². The minimum atomic E-state index is -1.11. The van der Waals surface area contributed by atoms with E-state index in [-0.39, 0.29) is 57.6 Å². The third-order valence-corrected chi connectivity index (χ3v) is 15.1. The highest BCUT2D eigenvalue weighted by Gasteiger charge is 2.46. The molecule has 6 N–H and O–H groups in total. The molecule has 7 atom stereocenters. The summed E-state index contributed by atoms with van der Waals surface area (Å²) in [7, 11) is 0. The average Bonchev–Trinajstić information content (AvgIpc) is 4.26. The van der Waals surface area contributed by atoms with Crippen molar-refractivity contribution >= 4 is 65.0 Å². The number of rotatable bonds is 20. The Kier molecular flexibility index (Phi) is 19.3. The van der Waals surface area contributed by atoms with Gasteiger partial charge in [-0.2, -0.15) is 4.99 Å². The number of aromatic nitrogens is 1. The molecule has 79 heavy (non-hydrogen) atoms. The molecule has 3 aromatic carbocycles. The van der Waals surface area contributed by atoms with Gasteiger partial charge in [0.1, 0.15) is 30.3 Å². The van der Waals surface area contributed by atoms with Crippen molar-refractivity contribution in [3.05, 3.63) is 99.9 Å². The fraction of sp³-hybridized carbons (Fsp3) is 0.500. The number of ether oxygens (including phenoxy) is 3. The monoisotopic (exact) mass is 1110 g/mol. The van der Waals surface area contributed by atoms with E-state index in [1.54, 1.807) is 70.5 Å². The molecule has 1 fully saturated rings. The first-order chi connectivity index (χ1) is 37.4. The summed E-state index contributed by atoms with van der Waals surface area (Å²) in [6, 6.07) is 13.8. The van der Waals surface area contributed by atoms with Crippen molar-refractivity contribution in [2.75, 3.05) is 24.7 Å². The second-order valence-corrected chi connectivity index (χ2v) is 23.4. The van der Waals surface area contributed by atoms with E-state index in [1.165, 1.54) is 22.1 Å². The number of carbonyl (C=O) groups is 7. The van der Waals surface area contributed by atoms with Crippen molar-refractivity contribution < 1.29 is 57.3 Å². The second-order valence-electron chi connectivity index (χ2n) is 22.6. The fourth-order valence-electron chi connectivity index (χ4n) is 10.1. The number of primary amides is 1. The van der Waals surface area contributed by atoms with E-state index in [2.05, 4.69) is 25.9 Å². The summed E-state index contributed by atoms with van der Waals surface area (Å²) in [5, 5.41) is 19.3. The van der Waals surface area contributed by atoms with Gasteiger partial charge in [0.2, 0.25) is 29.5 Å². The maximum Gasteiger partial charge on any atom is 0.433 e. The van der Waals surface area contributed by atoms with Crippen LogP contribution >= 0.6 is 11.3 Å². The zero-order chi connectivity index (χ0) is 57.3. The minimum absolute atomic E-state index is 0.0283. The number of nitrogens with two attached hydrogens (primary N) is 1. The number of benzene rings is 3. The molecule has 4 aromatic rings. The van der Waals surface area contributed by atoms with Gasteiger partial charge >= 0.3 is 12.2 Å². The Labute approximate surface area is 464 Å². The van der Waals surface area contributed by atoms with E-state index in [4.69, 9.17) is 19.9 Å². The Balaban J connectivity index is 0.903. The number of hydrogen-bond acceptors (Lipinski definition) is 13. The van der Waals surface area contributed by atoms with Crippen LogP contribution in [0.2, 0.25) is 0 Å². The quantitative estimate of drug-likeness (QED) is 0.0434. The molecule has 424 valence electrons. The molecule has 1 unspecified atom stereocenters. The minimum Gasteiger partial charge on any atom is -0.488 e. The number of thiazole rings is 1. The number of aryl methyl sites for hydroxylation is 3. The Morgan fingerprint density at radius 1 is 0.949 bits per heavy atom. The van der Waals surface area contributed by atoms with Gasteiger partial charge < -0.3 is 45.9 Å². The van der Waals surface area contributed by atoms with E-state index in [1.807, 2.05) is 56.3 Å². The predicted octanol–water partition coefficient (Wildman–Crippen LogP) is 7.22. The van der Waals surface area contributed by atoms with Gasteiger partial charge in [-0.05, 0) is 112 Å². The summed E-state index contributed by atoms with van der Waals surface area (Å²) in [6.45, 7) is 13.8. The number of aliphatic imine (C=N–C) groups is 1. The number of hydrogen-bond donors (Lipinski definition) is 5. The third-order valence-electron chi connectivity index (χ3n) is 14.2. The number of halogens is 1. The van der Waals surface area contributed by atoms with Crippen LogP contribution in [0.5, 0.6) is 5.75 Å². The molecule has 1 aromatic heterocycles. The first kappa shape index (κ1) is 59.4. The Morgan fingerprint density at radius 3 is 2.34 bits per heavy atom.